The first-order chi connectivity index (χ1) is 7.83. The number of rotatable bonds is 4. The van der Waals surface area contributed by atoms with Gasteiger partial charge in [-0.3, -0.25) is 0 Å². The van der Waals surface area contributed by atoms with Gasteiger partial charge in [-0.15, -0.1) is 0 Å². The highest BCUT2D eigenvalue weighted by molar-refractivity contribution is 5.25. The van der Waals surface area contributed by atoms with Crippen LogP contribution in [0.4, 0.5) is 0 Å². The van der Waals surface area contributed by atoms with E-state index in [2.05, 4.69) is 58.9 Å². The second-order valence-electron chi connectivity index (χ2n) is 5.64. The van der Waals surface area contributed by atoms with Crippen molar-refractivity contribution >= 4 is 0 Å². The molecule has 1 aromatic carbocycles. The molecule has 0 aliphatic rings. The molecule has 0 saturated heterocycles. The molecule has 0 heterocycles. The normalized spacial score (nSPS) is 15.6. The van der Waals surface area contributed by atoms with Gasteiger partial charge >= 0.3 is 0 Å². The monoisotopic (exact) mass is 235 g/mol. The van der Waals surface area contributed by atoms with Crippen molar-refractivity contribution in [1.29, 1.82) is 0 Å². The molecule has 0 spiro atoms. The van der Waals surface area contributed by atoms with Crippen LogP contribution >= 0.6 is 0 Å². The SMILES string of the molecule is CCC(N)C(OC(C)(C)C)c1cccc(C)c1. The molecule has 0 aromatic heterocycles. The van der Waals surface area contributed by atoms with E-state index in [1.54, 1.807) is 0 Å². The summed E-state index contributed by atoms with van der Waals surface area (Å²) in [6.07, 6.45) is 0.884. The summed E-state index contributed by atoms with van der Waals surface area (Å²) >= 11 is 0. The Kier molecular flexibility index (Phi) is 4.72. The molecule has 0 amide bonds. The number of aryl methyl sites for hydroxylation is 1. The fraction of sp³-hybridized carbons (Fsp3) is 0.600. The minimum absolute atomic E-state index is 0.0279. The molecule has 2 unspecified atom stereocenters. The maximum atomic E-state index is 6.18. The third kappa shape index (κ3) is 4.49. The van der Waals surface area contributed by atoms with Crippen LogP contribution in [0.1, 0.15) is 51.3 Å². The minimum Gasteiger partial charge on any atom is -0.366 e. The van der Waals surface area contributed by atoms with E-state index < -0.39 is 0 Å². The van der Waals surface area contributed by atoms with E-state index in [0.29, 0.717) is 0 Å². The lowest BCUT2D eigenvalue weighted by Gasteiger charge is -2.31. The lowest BCUT2D eigenvalue weighted by atomic mass is 9.98. The molecule has 17 heavy (non-hydrogen) atoms. The van der Waals surface area contributed by atoms with Crippen LogP contribution in [0.3, 0.4) is 0 Å². The summed E-state index contributed by atoms with van der Waals surface area (Å²) in [4.78, 5) is 0. The van der Waals surface area contributed by atoms with E-state index in [0.717, 1.165) is 6.42 Å². The van der Waals surface area contributed by atoms with Crippen molar-refractivity contribution in [2.75, 3.05) is 0 Å². The lowest BCUT2D eigenvalue weighted by Crippen LogP contribution is -2.35. The second-order valence-corrected chi connectivity index (χ2v) is 5.64. The molecule has 0 aliphatic carbocycles. The molecule has 0 radical (unpaired) electrons. The quantitative estimate of drug-likeness (QED) is 0.865. The summed E-state index contributed by atoms with van der Waals surface area (Å²) in [5.74, 6) is 0. The van der Waals surface area contributed by atoms with Crippen LogP contribution in [-0.2, 0) is 4.74 Å². The van der Waals surface area contributed by atoms with E-state index in [1.165, 1.54) is 11.1 Å². The highest BCUT2D eigenvalue weighted by Gasteiger charge is 2.25. The summed E-state index contributed by atoms with van der Waals surface area (Å²) in [7, 11) is 0. The maximum absolute atomic E-state index is 6.18. The van der Waals surface area contributed by atoms with E-state index >= 15 is 0 Å². The van der Waals surface area contributed by atoms with Crippen LogP contribution < -0.4 is 5.73 Å². The average Bonchev–Trinajstić information content (AvgIpc) is 2.23. The van der Waals surface area contributed by atoms with Crippen molar-refractivity contribution in [2.45, 2.75) is 58.8 Å². The first-order valence-electron chi connectivity index (χ1n) is 6.33. The summed E-state index contributed by atoms with van der Waals surface area (Å²) < 4.78 is 6.11. The largest absolute Gasteiger partial charge is 0.366 e. The number of ether oxygens (including phenoxy) is 1. The molecule has 1 rings (SSSR count). The molecule has 0 aliphatic heterocycles. The Balaban J connectivity index is 2.98. The van der Waals surface area contributed by atoms with Crippen LogP contribution in [0, 0.1) is 6.92 Å². The molecule has 2 heteroatoms. The van der Waals surface area contributed by atoms with Gasteiger partial charge in [0.1, 0.15) is 0 Å². The van der Waals surface area contributed by atoms with Gasteiger partial charge in [0.2, 0.25) is 0 Å². The Morgan fingerprint density at radius 2 is 1.94 bits per heavy atom. The smallest absolute Gasteiger partial charge is 0.0982 e. The zero-order valence-electron chi connectivity index (χ0n) is 11.7. The van der Waals surface area contributed by atoms with Gasteiger partial charge in [0, 0.05) is 6.04 Å². The fourth-order valence-electron chi connectivity index (χ4n) is 1.84. The zero-order valence-corrected chi connectivity index (χ0v) is 11.7. The van der Waals surface area contributed by atoms with Crippen molar-refractivity contribution in [2.24, 2.45) is 5.73 Å². The Bertz CT molecular complexity index is 354. The maximum Gasteiger partial charge on any atom is 0.0982 e. The molecule has 0 fully saturated rings. The molecule has 0 saturated carbocycles. The van der Waals surface area contributed by atoms with Crippen LogP contribution in [0.15, 0.2) is 24.3 Å². The van der Waals surface area contributed by atoms with Gasteiger partial charge in [-0.05, 0) is 39.7 Å². The van der Waals surface area contributed by atoms with Crippen LogP contribution in [0.5, 0.6) is 0 Å². The molecule has 1 aromatic rings. The van der Waals surface area contributed by atoms with Gasteiger partial charge in [-0.2, -0.15) is 0 Å². The van der Waals surface area contributed by atoms with Gasteiger partial charge in [0.15, 0.2) is 0 Å². The number of hydrogen-bond acceptors (Lipinski definition) is 2. The first kappa shape index (κ1) is 14.2. The zero-order chi connectivity index (χ0) is 13.1. The predicted octanol–water partition coefficient (Wildman–Crippen LogP) is 3.59. The first-order valence-corrected chi connectivity index (χ1v) is 6.33. The van der Waals surface area contributed by atoms with Crippen LogP contribution in [0.2, 0.25) is 0 Å². The van der Waals surface area contributed by atoms with Crippen molar-refractivity contribution < 1.29 is 4.74 Å². The third-order valence-corrected chi connectivity index (χ3v) is 2.71. The standard InChI is InChI=1S/C15H25NO/c1-6-13(16)14(17-15(3,4)5)12-9-7-8-11(2)10-12/h7-10,13-14H,6,16H2,1-5H3. The van der Waals surface area contributed by atoms with Crippen molar-refractivity contribution in [3.63, 3.8) is 0 Å². The number of hydrogen-bond donors (Lipinski definition) is 1. The molecule has 96 valence electrons. The minimum atomic E-state index is -0.179. The van der Waals surface area contributed by atoms with Gasteiger partial charge in [0.05, 0.1) is 11.7 Å². The Morgan fingerprint density at radius 3 is 2.41 bits per heavy atom. The summed E-state index contributed by atoms with van der Waals surface area (Å²) in [6.45, 7) is 10.4. The third-order valence-electron chi connectivity index (χ3n) is 2.71. The van der Waals surface area contributed by atoms with E-state index in [-0.39, 0.29) is 17.7 Å². The van der Waals surface area contributed by atoms with E-state index in [9.17, 15) is 0 Å². The fourth-order valence-corrected chi connectivity index (χ4v) is 1.84. The summed E-state index contributed by atoms with van der Waals surface area (Å²) in [6, 6.07) is 8.45. The van der Waals surface area contributed by atoms with Gasteiger partial charge in [-0.25, -0.2) is 0 Å². The number of nitrogens with two attached hydrogens (primary N) is 1. The highest BCUT2D eigenvalue weighted by Crippen LogP contribution is 2.27. The van der Waals surface area contributed by atoms with Gasteiger partial charge in [0.25, 0.3) is 0 Å². The van der Waals surface area contributed by atoms with Crippen LogP contribution in [0.25, 0.3) is 0 Å². The molecular formula is C15H25NO. The molecular weight excluding hydrogens is 210 g/mol. The van der Waals surface area contributed by atoms with Crippen molar-refractivity contribution in [3.8, 4) is 0 Å². The van der Waals surface area contributed by atoms with Crippen LogP contribution in [-0.4, -0.2) is 11.6 Å². The predicted molar refractivity (Wildman–Crippen MR) is 73.0 cm³/mol. The molecule has 2 N–H and O–H groups in total. The van der Waals surface area contributed by atoms with Gasteiger partial charge < -0.3 is 10.5 Å². The molecule has 2 atom stereocenters. The van der Waals surface area contributed by atoms with Gasteiger partial charge in [-0.1, -0.05) is 36.8 Å². The summed E-state index contributed by atoms with van der Waals surface area (Å²) in [5.41, 5.74) is 8.42. The highest BCUT2D eigenvalue weighted by atomic mass is 16.5. The number of benzene rings is 1. The van der Waals surface area contributed by atoms with Crippen molar-refractivity contribution in [1.82, 2.24) is 0 Å². The van der Waals surface area contributed by atoms with E-state index in [1.807, 2.05) is 0 Å². The Labute approximate surface area is 105 Å². The topological polar surface area (TPSA) is 35.2 Å². The molecule has 2 nitrogen and oxygen atoms in total. The van der Waals surface area contributed by atoms with E-state index in [4.69, 9.17) is 10.5 Å². The second kappa shape index (κ2) is 5.65. The lowest BCUT2D eigenvalue weighted by molar-refractivity contribution is -0.0728. The Hall–Kier alpha value is -0.860. The Morgan fingerprint density at radius 1 is 1.29 bits per heavy atom. The molecule has 0 bridgehead atoms. The summed E-state index contributed by atoms with van der Waals surface area (Å²) in [5, 5.41) is 0. The average molecular weight is 235 g/mol. The van der Waals surface area contributed by atoms with Crippen molar-refractivity contribution in [3.05, 3.63) is 35.4 Å².